The molecule has 0 heterocycles. The number of nitrogen functional groups attached to an aromatic ring is 1. The molecule has 3 nitrogen and oxygen atoms in total. The Hall–Kier alpha value is -1.65. The summed E-state index contributed by atoms with van der Waals surface area (Å²) in [5, 5.41) is 0. The van der Waals surface area contributed by atoms with Gasteiger partial charge in [-0.1, -0.05) is 27.4 Å². The number of rotatable bonds is 4. The third kappa shape index (κ3) is 6.97. The van der Waals surface area contributed by atoms with Gasteiger partial charge >= 0.3 is 0 Å². The Labute approximate surface area is 141 Å². The molecule has 0 spiro atoms. The molecule has 124 valence electrons. The van der Waals surface area contributed by atoms with Gasteiger partial charge < -0.3 is 10.5 Å². The van der Waals surface area contributed by atoms with Gasteiger partial charge in [0.05, 0.1) is 0 Å². The minimum atomic E-state index is -2.83. The maximum absolute atomic E-state index is 12.5. The second-order valence-corrected chi connectivity index (χ2v) is 6.00. The smallest absolute Gasteiger partial charge is 0.293 e. The Balaban J connectivity index is 0.000000231. The zero-order valence-electron chi connectivity index (χ0n) is 12.5. The fourth-order valence-corrected chi connectivity index (χ4v) is 2.03. The third-order valence-corrected chi connectivity index (χ3v) is 3.56. The molecule has 0 fully saturated rings. The van der Waals surface area contributed by atoms with E-state index in [1.54, 1.807) is 6.07 Å². The van der Waals surface area contributed by atoms with Crippen molar-refractivity contribution < 1.29 is 18.3 Å². The minimum absolute atomic E-state index is 0.0136. The van der Waals surface area contributed by atoms with Crippen LogP contribution in [0, 0.1) is 6.92 Å². The Morgan fingerprint density at radius 1 is 1.26 bits per heavy atom. The average Bonchev–Trinajstić information content (AvgIpc) is 2.46. The normalized spacial score (nSPS) is 10.5. The lowest BCUT2D eigenvalue weighted by atomic mass is 10.1. The number of thiol groups is 1. The highest BCUT2D eigenvalue weighted by Gasteiger charge is 2.23. The molecule has 0 saturated heterocycles. The average molecular weight is 357 g/mol. The van der Waals surface area contributed by atoms with Crippen LogP contribution in [0.15, 0.2) is 47.4 Å². The predicted octanol–water partition coefficient (Wildman–Crippen LogP) is 4.15. The van der Waals surface area contributed by atoms with Crippen LogP contribution in [0.25, 0.3) is 0 Å². The fraction of sp³-hybridized carbons (Fsp3) is 0.188. The summed E-state index contributed by atoms with van der Waals surface area (Å²) in [5.41, 5.74) is 5.45. The number of anilines is 1. The highest BCUT2D eigenvalue weighted by molar-refractivity contribution is 7.80. The summed E-state index contributed by atoms with van der Waals surface area (Å²) in [4.78, 5) is 10.6. The maximum atomic E-state index is 12.5. The molecule has 2 N–H and O–H groups in total. The van der Waals surface area contributed by atoms with Crippen LogP contribution in [-0.4, -0.2) is 6.47 Å². The van der Waals surface area contributed by atoms with Gasteiger partial charge in [-0.15, -0.1) is 12.6 Å². The zero-order valence-corrected chi connectivity index (χ0v) is 14.5. The summed E-state index contributed by atoms with van der Waals surface area (Å²) < 4.78 is 29.7. The number of halogens is 2. The number of hydrogen-bond donors (Lipinski definition) is 2. The van der Waals surface area contributed by atoms with E-state index in [2.05, 4.69) is 17.4 Å². The van der Waals surface area contributed by atoms with E-state index in [4.69, 9.17) is 5.73 Å². The Morgan fingerprint density at radius 2 is 1.87 bits per heavy atom. The number of benzene rings is 2. The number of carbonyl (C=O) groups is 1. The summed E-state index contributed by atoms with van der Waals surface area (Å²) in [6.45, 7) is 2.69. The number of carbonyl (C=O) groups excluding carboxylic acids is 1. The monoisotopic (exact) mass is 357 g/mol. The molecule has 0 aliphatic rings. The summed E-state index contributed by atoms with van der Waals surface area (Å²) in [6, 6.07) is 11.3. The lowest BCUT2D eigenvalue weighted by Crippen LogP contribution is -2.00. The first kappa shape index (κ1) is 19.4. The lowest BCUT2D eigenvalue weighted by Gasteiger charge is -2.09. The molecule has 0 bridgehead atoms. The molecule has 0 aromatic heterocycles. The first-order chi connectivity index (χ1) is 10.7. The molecule has 0 radical (unpaired) electrons. The van der Waals surface area contributed by atoms with E-state index in [-0.39, 0.29) is 5.56 Å². The number of alkyl halides is 2. The van der Waals surface area contributed by atoms with E-state index in [9.17, 15) is 13.6 Å². The van der Waals surface area contributed by atoms with Gasteiger partial charge in [-0.2, -0.15) is 8.78 Å². The molecular formula is C16H18F2NO2PS. The van der Waals surface area contributed by atoms with E-state index in [1.807, 2.05) is 19.1 Å². The topological polar surface area (TPSA) is 52.3 Å². The van der Waals surface area contributed by atoms with Gasteiger partial charge in [0.25, 0.3) is 12.1 Å². The highest BCUT2D eigenvalue weighted by atomic mass is 32.1. The van der Waals surface area contributed by atoms with Crippen LogP contribution in [0.1, 0.15) is 16.7 Å². The van der Waals surface area contributed by atoms with Crippen molar-refractivity contribution >= 4 is 34.0 Å². The van der Waals surface area contributed by atoms with Gasteiger partial charge in [-0.3, -0.25) is 4.79 Å². The molecule has 0 saturated carbocycles. The van der Waals surface area contributed by atoms with Crippen molar-refractivity contribution in [1.29, 1.82) is 0 Å². The van der Waals surface area contributed by atoms with E-state index in [0.717, 1.165) is 16.8 Å². The second kappa shape index (κ2) is 8.85. The van der Waals surface area contributed by atoms with Crippen molar-refractivity contribution in [2.75, 3.05) is 5.73 Å². The quantitative estimate of drug-likeness (QED) is 0.374. The third-order valence-electron chi connectivity index (χ3n) is 2.93. The second-order valence-electron chi connectivity index (χ2n) is 4.76. The van der Waals surface area contributed by atoms with Gasteiger partial charge in [-0.25, -0.2) is 0 Å². The van der Waals surface area contributed by atoms with E-state index in [1.165, 1.54) is 33.5 Å². The van der Waals surface area contributed by atoms with Crippen LogP contribution in [0.5, 0.6) is 0 Å². The van der Waals surface area contributed by atoms with Gasteiger partial charge in [0, 0.05) is 16.1 Å². The predicted molar refractivity (Wildman–Crippen MR) is 93.7 cm³/mol. The molecule has 0 amide bonds. The molecule has 7 heteroatoms. The zero-order chi connectivity index (χ0) is 17.5. The van der Waals surface area contributed by atoms with Crippen LogP contribution >= 0.6 is 21.9 Å². The summed E-state index contributed by atoms with van der Waals surface area (Å²) in [6.07, 6.45) is 0. The van der Waals surface area contributed by atoms with Crippen molar-refractivity contribution in [3.05, 3.63) is 59.2 Å². The molecule has 0 aliphatic carbocycles. The lowest BCUT2D eigenvalue weighted by molar-refractivity contribution is -0.129. The molecule has 23 heavy (non-hydrogen) atoms. The van der Waals surface area contributed by atoms with E-state index < -0.39 is 5.66 Å². The molecule has 0 aliphatic heterocycles. The van der Waals surface area contributed by atoms with E-state index in [0.29, 0.717) is 18.0 Å². The molecule has 1 atom stereocenters. The highest BCUT2D eigenvalue weighted by Crippen LogP contribution is 2.34. The Kier molecular flexibility index (Phi) is 7.46. The van der Waals surface area contributed by atoms with Crippen LogP contribution < -0.4 is 5.73 Å². The van der Waals surface area contributed by atoms with Crippen molar-refractivity contribution in [1.82, 2.24) is 0 Å². The van der Waals surface area contributed by atoms with Crippen molar-refractivity contribution in [3.63, 3.8) is 0 Å². The maximum Gasteiger partial charge on any atom is 0.293 e. The fourth-order valence-electron chi connectivity index (χ4n) is 1.69. The van der Waals surface area contributed by atoms with Crippen molar-refractivity contribution in [2.45, 2.75) is 24.1 Å². The molecule has 2 rings (SSSR count). The van der Waals surface area contributed by atoms with Gasteiger partial charge in [-0.05, 0) is 42.3 Å². The largest absolute Gasteiger partial charge is 0.463 e. The van der Waals surface area contributed by atoms with Gasteiger partial charge in [0.1, 0.15) is 6.61 Å². The summed E-state index contributed by atoms with van der Waals surface area (Å²) >= 11 is 3.98. The van der Waals surface area contributed by atoms with Crippen molar-refractivity contribution in [3.8, 4) is 0 Å². The van der Waals surface area contributed by atoms with Crippen LogP contribution in [0.3, 0.4) is 0 Å². The number of nitrogens with two attached hydrogens (primary N) is 1. The molecule has 2 aromatic rings. The summed E-state index contributed by atoms with van der Waals surface area (Å²) in [5.74, 6) is 0. The first-order valence-electron chi connectivity index (χ1n) is 6.60. The van der Waals surface area contributed by atoms with Gasteiger partial charge in [0.15, 0.2) is 0 Å². The van der Waals surface area contributed by atoms with Crippen molar-refractivity contribution in [2.24, 2.45) is 0 Å². The molecule has 1 unspecified atom stereocenters. The van der Waals surface area contributed by atoms with Gasteiger partial charge in [0.2, 0.25) is 0 Å². The first-order valence-corrected chi connectivity index (χ1v) is 7.63. The number of ether oxygens (including phenoxy) is 1. The van der Waals surface area contributed by atoms with E-state index >= 15 is 0 Å². The minimum Gasteiger partial charge on any atom is -0.463 e. The van der Waals surface area contributed by atoms with Crippen LogP contribution in [0.4, 0.5) is 14.5 Å². The molecular weight excluding hydrogens is 339 g/mol. The number of aryl methyl sites for hydroxylation is 1. The molecule has 2 aromatic carbocycles. The van der Waals surface area contributed by atoms with Crippen LogP contribution in [0.2, 0.25) is 0 Å². The van der Waals surface area contributed by atoms with Crippen LogP contribution in [-0.2, 0) is 21.8 Å². The SMILES string of the molecule is Cc1cc(N)ccc1COC=O.FC(F)(P)c1ccc(S)cc1. The Morgan fingerprint density at radius 3 is 2.35 bits per heavy atom. The Bertz CT molecular complexity index is 646. The summed E-state index contributed by atoms with van der Waals surface area (Å²) in [7, 11) is 1.49. The standard InChI is InChI=1S/C9H11NO2.C7H7F2PS/c1-7-4-9(10)3-2-8(7)5-12-6-11;8-7(9,10)5-1-3-6(11)4-2-5/h2-4,6H,5,10H2,1H3;1-4,11H,10H2. The number of hydrogen-bond acceptors (Lipinski definition) is 4.